The second-order valence-corrected chi connectivity index (χ2v) is 6.67. The highest BCUT2D eigenvalue weighted by molar-refractivity contribution is 5.86. The van der Waals surface area contributed by atoms with Crippen molar-refractivity contribution in [2.75, 3.05) is 5.32 Å². The number of rotatable bonds is 5. The van der Waals surface area contributed by atoms with Gasteiger partial charge in [-0.15, -0.1) is 0 Å². The number of anilines is 1. The highest BCUT2D eigenvalue weighted by Crippen LogP contribution is 2.36. The van der Waals surface area contributed by atoms with Gasteiger partial charge >= 0.3 is 0 Å². The van der Waals surface area contributed by atoms with Gasteiger partial charge in [-0.1, -0.05) is 24.3 Å². The Balaban J connectivity index is 1.84. The van der Waals surface area contributed by atoms with E-state index in [1.165, 1.54) is 12.1 Å². The van der Waals surface area contributed by atoms with E-state index >= 15 is 0 Å². The molecule has 2 aromatic carbocycles. The topological polar surface area (TPSA) is 101 Å². The van der Waals surface area contributed by atoms with Crippen LogP contribution in [0.4, 0.5) is 11.5 Å². The van der Waals surface area contributed by atoms with Crippen molar-refractivity contribution in [1.29, 1.82) is 0 Å². The Morgan fingerprint density at radius 3 is 2.48 bits per heavy atom. The van der Waals surface area contributed by atoms with Gasteiger partial charge in [0.25, 0.3) is 5.69 Å². The van der Waals surface area contributed by atoms with E-state index in [2.05, 4.69) is 15.3 Å². The highest BCUT2D eigenvalue weighted by atomic mass is 16.6. The Kier molecular flexibility index (Phi) is 4.78. The summed E-state index contributed by atoms with van der Waals surface area (Å²) in [5, 5.41) is 26.1. The average Bonchev–Trinajstić information content (AvgIpc) is 2.74. The first kappa shape index (κ1) is 18.4. The largest absolute Gasteiger partial charge is 0.505 e. The smallest absolute Gasteiger partial charge is 0.269 e. The Bertz CT molecular complexity index is 1180. The number of hydrogen-bond donors (Lipinski definition) is 2. The van der Waals surface area contributed by atoms with Crippen molar-refractivity contribution in [3.8, 4) is 5.75 Å². The minimum absolute atomic E-state index is 0.00496. The molecule has 0 saturated heterocycles. The Labute approximate surface area is 166 Å². The number of aryl methyl sites for hydroxylation is 1. The fourth-order valence-corrected chi connectivity index (χ4v) is 3.24. The van der Waals surface area contributed by atoms with E-state index in [0.717, 1.165) is 16.6 Å². The molecule has 4 aromatic rings. The summed E-state index contributed by atoms with van der Waals surface area (Å²) < 4.78 is 0. The zero-order valence-corrected chi connectivity index (χ0v) is 15.6. The van der Waals surface area contributed by atoms with Gasteiger partial charge in [-0.2, -0.15) is 0 Å². The van der Waals surface area contributed by atoms with Crippen LogP contribution in [0.15, 0.2) is 72.9 Å². The maximum atomic E-state index is 11.0. The van der Waals surface area contributed by atoms with Gasteiger partial charge in [0.05, 0.1) is 11.0 Å². The predicted octanol–water partition coefficient (Wildman–Crippen LogP) is 4.75. The zero-order chi connectivity index (χ0) is 20.4. The summed E-state index contributed by atoms with van der Waals surface area (Å²) in [5.41, 5.74) is 2.68. The molecule has 0 aliphatic heterocycles. The minimum Gasteiger partial charge on any atom is -0.505 e. The third-order valence-corrected chi connectivity index (χ3v) is 4.71. The standard InChI is InChI=1S/C22H18N4O3/c1-14-5-6-16-9-12-18(22(27)21(16)24-14)20(25-19-4-2-3-13-23-19)15-7-10-17(11-8-15)26(28)29/h2-13,20,27H,1H3,(H,23,25). The van der Waals surface area contributed by atoms with E-state index in [4.69, 9.17) is 0 Å². The summed E-state index contributed by atoms with van der Waals surface area (Å²) in [6, 6.07) is 18.8. The van der Waals surface area contributed by atoms with E-state index in [0.29, 0.717) is 16.9 Å². The average molecular weight is 386 g/mol. The number of non-ortho nitro benzene ring substituents is 1. The number of aromatic hydroxyl groups is 1. The maximum Gasteiger partial charge on any atom is 0.269 e. The van der Waals surface area contributed by atoms with Crippen molar-refractivity contribution in [3.05, 3.63) is 99.9 Å². The first-order valence-corrected chi connectivity index (χ1v) is 9.04. The molecule has 7 nitrogen and oxygen atoms in total. The SMILES string of the molecule is Cc1ccc2ccc(C(Nc3ccccn3)c3ccc([N+](=O)[O-])cc3)c(O)c2n1. The number of nitrogens with one attached hydrogen (secondary N) is 1. The molecule has 0 bridgehead atoms. The van der Waals surface area contributed by atoms with Crippen LogP contribution in [-0.4, -0.2) is 20.0 Å². The number of nitrogens with zero attached hydrogens (tertiary/aromatic N) is 3. The first-order valence-electron chi connectivity index (χ1n) is 9.04. The number of benzene rings is 2. The lowest BCUT2D eigenvalue weighted by Crippen LogP contribution is -2.13. The summed E-state index contributed by atoms with van der Waals surface area (Å²) in [5.74, 6) is 0.686. The lowest BCUT2D eigenvalue weighted by atomic mass is 9.96. The summed E-state index contributed by atoms with van der Waals surface area (Å²) in [7, 11) is 0. The number of aromatic nitrogens is 2. The molecule has 0 fully saturated rings. The normalized spacial score (nSPS) is 11.9. The highest BCUT2D eigenvalue weighted by Gasteiger charge is 2.21. The van der Waals surface area contributed by atoms with Crippen LogP contribution < -0.4 is 5.32 Å². The van der Waals surface area contributed by atoms with E-state index in [1.54, 1.807) is 18.3 Å². The number of nitro benzene ring substituents is 1. The molecule has 0 radical (unpaired) electrons. The summed E-state index contributed by atoms with van der Waals surface area (Å²) in [4.78, 5) is 19.3. The van der Waals surface area contributed by atoms with Crippen LogP contribution in [0.1, 0.15) is 22.9 Å². The maximum absolute atomic E-state index is 11.0. The number of phenols is 1. The lowest BCUT2D eigenvalue weighted by Gasteiger charge is -2.22. The van der Waals surface area contributed by atoms with E-state index < -0.39 is 11.0 Å². The van der Waals surface area contributed by atoms with Crippen LogP contribution in [0.3, 0.4) is 0 Å². The van der Waals surface area contributed by atoms with Gasteiger partial charge in [0.1, 0.15) is 17.1 Å². The van der Waals surface area contributed by atoms with Crippen LogP contribution in [-0.2, 0) is 0 Å². The molecule has 0 aliphatic rings. The molecular weight excluding hydrogens is 368 g/mol. The number of nitro groups is 1. The quantitative estimate of drug-likeness (QED) is 0.379. The van der Waals surface area contributed by atoms with E-state index in [9.17, 15) is 15.2 Å². The summed E-state index contributed by atoms with van der Waals surface area (Å²) in [6.07, 6.45) is 1.67. The van der Waals surface area contributed by atoms with Gasteiger partial charge in [-0.3, -0.25) is 10.1 Å². The van der Waals surface area contributed by atoms with Crippen LogP contribution in [0.25, 0.3) is 10.9 Å². The van der Waals surface area contributed by atoms with Crippen molar-refractivity contribution in [3.63, 3.8) is 0 Å². The van der Waals surface area contributed by atoms with E-state index in [-0.39, 0.29) is 11.4 Å². The molecule has 1 unspecified atom stereocenters. The number of pyridine rings is 2. The second-order valence-electron chi connectivity index (χ2n) is 6.67. The second kappa shape index (κ2) is 7.55. The van der Waals surface area contributed by atoms with Crippen LogP contribution in [0.2, 0.25) is 0 Å². The molecule has 0 saturated carbocycles. The Morgan fingerprint density at radius 1 is 1.03 bits per heavy atom. The third-order valence-electron chi connectivity index (χ3n) is 4.71. The Hall–Kier alpha value is -4.00. The molecule has 7 heteroatoms. The van der Waals surface area contributed by atoms with Crippen LogP contribution in [0.5, 0.6) is 5.75 Å². The fraction of sp³-hybridized carbons (Fsp3) is 0.0909. The van der Waals surface area contributed by atoms with Crippen molar-refractivity contribution in [1.82, 2.24) is 9.97 Å². The van der Waals surface area contributed by atoms with E-state index in [1.807, 2.05) is 49.4 Å². The molecular formula is C22H18N4O3. The van der Waals surface area contributed by atoms with Crippen LogP contribution in [0, 0.1) is 17.0 Å². The number of hydrogen-bond acceptors (Lipinski definition) is 6. The van der Waals surface area contributed by atoms with Crippen molar-refractivity contribution in [2.24, 2.45) is 0 Å². The molecule has 2 aromatic heterocycles. The zero-order valence-electron chi connectivity index (χ0n) is 15.6. The van der Waals surface area contributed by atoms with Gasteiger partial charge in [-0.05, 0) is 42.8 Å². The molecule has 1 atom stereocenters. The molecule has 0 amide bonds. The first-order chi connectivity index (χ1) is 14.0. The monoisotopic (exact) mass is 386 g/mol. The Morgan fingerprint density at radius 2 is 1.79 bits per heavy atom. The van der Waals surface area contributed by atoms with Crippen molar-refractivity contribution < 1.29 is 10.0 Å². The molecule has 4 rings (SSSR count). The van der Waals surface area contributed by atoms with Gasteiger partial charge in [0, 0.05) is 35.0 Å². The number of fused-ring (bicyclic) bond motifs is 1. The molecule has 2 N–H and O–H groups in total. The van der Waals surface area contributed by atoms with Gasteiger partial charge in [0.2, 0.25) is 0 Å². The van der Waals surface area contributed by atoms with Gasteiger partial charge < -0.3 is 10.4 Å². The molecule has 0 spiro atoms. The van der Waals surface area contributed by atoms with Gasteiger partial charge in [-0.25, -0.2) is 9.97 Å². The summed E-state index contributed by atoms with van der Waals surface area (Å²) >= 11 is 0. The van der Waals surface area contributed by atoms with Crippen molar-refractivity contribution in [2.45, 2.75) is 13.0 Å². The molecule has 2 heterocycles. The molecule has 29 heavy (non-hydrogen) atoms. The summed E-state index contributed by atoms with van der Waals surface area (Å²) in [6.45, 7) is 1.87. The predicted molar refractivity (Wildman–Crippen MR) is 111 cm³/mol. The third kappa shape index (κ3) is 3.70. The van der Waals surface area contributed by atoms with Gasteiger partial charge in [0.15, 0.2) is 0 Å². The van der Waals surface area contributed by atoms with Crippen LogP contribution >= 0.6 is 0 Å². The fourth-order valence-electron chi connectivity index (χ4n) is 3.24. The van der Waals surface area contributed by atoms with Crippen molar-refractivity contribution >= 4 is 22.4 Å². The lowest BCUT2D eigenvalue weighted by molar-refractivity contribution is -0.384. The molecule has 144 valence electrons. The molecule has 0 aliphatic carbocycles. The minimum atomic E-state index is -0.475. The number of phenolic OH excluding ortho intramolecular Hbond substituents is 1.